The Hall–Kier alpha value is -1.05. The summed E-state index contributed by atoms with van der Waals surface area (Å²) in [6, 6.07) is 0. The molecule has 1 aliphatic heterocycles. The molecule has 1 atom stereocenters. The third-order valence-corrected chi connectivity index (χ3v) is 2.42. The molecule has 0 aliphatic carbocycles. The standard InChI is InChI=1S/C7H10N4O2S/c12-6(5-3-8-1-2-13-5)10-7-11-9-4-14-7/h4-5,8H,1-3H2,(H,10,11,12). The topological polar surface area (TPSA) is 76.1 Å². The van der Waals surface area contributed by atoms with Gasteiger partial charge in [0.05, 0.1) is 6.61 Å². The molecule has 6 nitrogen and oxygen atoms in total. The van der Waals surface area contributed by atoms with Crippen molar-refractivity contribution in [1.29, 1.82) is 0 Å². The highest BCUT2D eigenvalue weighted by molar-refractivity contribution is 7.13. The zero-order chi connectivity index (χ0) is 9.80. The molecule has 0 bridgehead atoms. The fourth-order valence-electron chi connectivity index (χ4n) is 1.15. The van der Waals surface area contributed by atoms with Gasteiger partial charge in [-0.25, -0.2) is 0 Å². The van der Waals surface area contributed by atoms with Crippen LogP contribution in [0.4, 0.5) is 5.13 Å². The number of carbonyl (C=O) groups excluding carboxylic acids is 1. The van der Waals surface area contributed by atoms with E-state index in [1.807, 2.05) is 0 Å². The van der Waals surface area contributed by atoms with Crippen molar-refractivity contribution >= 4 is 22.4 Å². The molecular weight excluding hydrogens is 204 g/mol. The molecule has 1 aromatic rings. The average Bonchev–Trinajstić information content (AvgIpc) is 2.72. The van der Waals surface area contributed by atoms with Crippen LogP contribution in [0.2, 0.25) is 0 Å². The summed E-state index contributed by atoms with van der Waals surface area (Å²) in [5, 5.41) is 13.5. The van der Waals surface area contributed by atoms with E-state index in [-0.39, 0.29) is 5.91 Å². The SMILES string of the molecule is O=C(Nc1nncs1)C1CNCCO1. The highest BCUT2D eigenvalue weighted by Gasteiger charge is 2.22. The van der Waals surface area contributed by atoms with Crippen molar-refractivity contribution in [2.75, 3.05) is 25.0 Å². The van der Waals surface area contributed by atoms with E-state index in [1.54, 1.807) is 5.51 Å². The molecule has 2 heterocycles. The lowest BCUT2D eigenvalue weighted by Gasteiger charge is -2.21. The highest BCUT2D eigenvalue weighted by atomic mass is 32.1. The molecule has 2 rings (SSSR count). The van der Waals surface area contributed by atoms with Gasteiger partial charge in [0, 0.05) is 13.1 Å². The molecule has 1 unspecified atom stereocenters. The van der Waals surface area contributed by atoms with Crippen LogP contribution in [0.5, 0.6) is 0 Å². The zero-order valence-corrected chi connectivity index (χ0v) is 8.21. The molecule has 7 heteroatoms. The molecule has 1 amide bonds. The van der Waals surface area contributed by atoms with E-state index in [2.05, 4.69) is 20.8 Å². The molecule has 1 aromatic heterocycles. The minimum Gasteiger partial charge on any atom is -0.366 e. The molecule has 0 radical (unpaired) electrons. The van der Waals surface area contributed by atoms with Gasteiger partial charge in [0.25, 0.3) is 5.91 Å². The number of anilines is 1. The summed E-state index contributed by atoms with van der Waals surface area (Å²) >= 11 is 1.29. The predicted molar refractivity (Wildman–Crippen MR) is 51.1 cm³/mol. The predicted octanol–water partition coefficient (Wildman–Crippen LogP) is -0.535. The number of ether oxygens (including phenoxy) is 1. The molecule has 2 N–H and O–H groups in total. The number of aromatic nitrogens is 2. The van der Waals surface area contributed by atoms with Crippen LogP contribution in [0, 0.1) is 0 Å². The summed E-state index contributed by atoms with van der Waals surface area (Å²) in [4.78, 5) is 11.5. The third kappa shape index (κ3) is 2.25. The normalized spacial score (nSPS) is 21.9. The molecule has 0 aromatic carbocycles. The van der Waals surface area contributed by atoms with Gasteiger partial charge in [-0.3, -0.25) is 10.1 Å². The van der Waals surface area contributed by atoms with Gasteiger partial charge in [-0.1, -0.05) is 11.3 Å². The van der Waals surface area contributed by atoms with E-state index in [9.17, 15) is 4.79 Å². The van der Waals surface area contributed by atoms with Crippen molar-refractivity contribution in [3.63, 3.8) is 0 Å². The Morgan fingerprint density at radius 2 is 2.71 bits per heavy atom. The molecule has 1 saturated heterocycles. The van der Waals surface area contributed by atoms with E-state index < -0.39 is 6.10 Å². The monoisotopic (exact) mass is 214 g/mol. The number of carbonyl (C=O) groups is 1. The van der Waals surface area contributed by atoms with Gasteiger partial charge in [-0.15, -0.1) is 10.2 Å². The van der Waals surface area contributed by atoms with E-state index in [0.29, 0.717) is 18.3 Å². The van der Waals surface area contributed by atoms with E-state index in [0.717, 1.165) is 6.54 Å². The molecule has 0 saturated carbocycles. The zero-order valence-electron chi connectivity index (χ0n) is 7.40. The Bertz CT molecular complexity index is 297. The van der Waals surface area contributed by atoms with Crippen LogP contribution in [-0.4, -0.2) is 41.9 Å². The lowest BCUT2D eigenvalue weighted by molar-refractivity contribution is -0.128. The number of nitrogens with zero attached hydrogens (tertiary/aromatic N) is 2. The van der Waals surface area contributed by atoms with Crippen LogP contribution in [0.3, 0.4) is 0 Å². The molecule has 1 fully saturated rings. The van der Waals surface area contributed by atoms with Gasteiger partial charge in [-0.2, -0.15) is 0 Å². The molecular formula is C7H10N4O2S. The first kappa shape index (κ1) is 9.50. The fourth-order valence-corrected chi connectivity index (χ4v) is 1.60. The molecule has 76 valence electrons. The third-order valence-electron chi connectivity index (χ3n) is 1.81. The van der Waals surface area contributed by atoms with Gasteiger partial charge in [0.2, 0.25) is 5.13 Å². The molecule has 1 aliphatic rings. The van der Waals surface area contributed by atoms with Crippen molar-refractivity contribution in [3.8, 4) is 0 Å². The van der Waals surface area contributed by atoms with Gasteiger partial charge in [0.1, 0.15) is 11.6 Å². The first-order valence-corrected chi connectivity index (χ1v) is 5.13. The van der Waals surface area contributed by atoms with Crippen LogP contribution in [-0.2, 0) is 9.53 Å². The molecule has 0 spiro atoms. The molecule has 14 heavy (non-hydrogen) atoms. The number of hydrogen-bond acceptors (Lipinski definition) is 6. The number of nitrogens with one attached hydrogen (secondary N) is 2. The van der Waals surface area contributed by atoms with Crippen LogP contribution in [0.25, 0.3) is 0 Å². The maximum Gasteiger partial charge on any atom is 0.256 e. The van der Waals surface area contributed by atoms with Gasteiger partial charge in [0.15, 0.2) is 0 Å². The Kier molecular flexibility index (Phi) is 3.02. The summed E-state index contributed by atoms with van der Waals surface area (Å²) in [6.07, 6.45) is -0.423. The van der Waals surface area contributed by atoms with E-state index in [1.165, 1.54) is 11.3 Å². The van der Waals surface area contributed by atoms with E-state index in [4.69, 9.17) is 4.74 Å². The summed E-state index contributed by atoms with van der Waals surface area (Å²) in [6.45, 7) is 1.90. The number of hydrogen-bond donors (Lipinski definition) is 2. The summed E-state index contributed by atoms with van der Waals surface area (Å²) in [5.74, 6) is -0.172. The summed E-state index contributed by atoms with van der Waals surface area (Å²) in [5.41, 5.74) is 1.57. The first-order valence-electron chi connectivity index (χ1n) is 4.25. The van der Waals surface area contributed by atoms with Crippen molar-refractivity contribution in [1.82, 2.24) is 15.5 Å². The number of amides is 1. The lowest BCUT2D eigenvalue weighted by Crippen LogP contribution is -2.45. The average molecular weight is 214 g/mol. The van der Waals surface area contributed by atoms with Gasteiger partial charge in [-0.05, 0) is 0 Å². The second kappa shape index (κ2) is 4.45. The minimum atomic E-state index is -0.423. The Labute approximate surface area is 84.7 Å². The van der Waals surface area contributed by atoms with Gasteiger partial charge >= 0.3 is 0 Å². The van der Waals surface area contributed by atoms with Crippen molar-refractivity contribution < 1.29 is 9.53 Å². The largest absolute Gasteiger partial charge is 0.366 e. The van der Waals surface area contributed by atoms with Crippen molar-refractivity contribution in [2.24, 2.45) is 0 Å². The Morgan fingerprint density at radius 1 is 1.79 bits per heavy atom. The van der Waals surface area contributed by atoms with Crippen molar-refractivity contribution in [3.05, 3.63) is 5.51 Å². The lowest BCUT2D eigenvalue weighted by atomic mass is 10.3. The maximum absolute atomic E-state index is 11.5. The minimum absolute atomic E-state index is 0.172. The van der Waals surface area contributed by atoms with Crippen LogP contribution in [0.15, 0.2) is 5.51 Å². The number of morpholine rings is 1. The van der Waals surface area contributed by atoms with Crippen LogP contribution in [0.1, 0.15) is 0 Å². The fraction of sp³-hybridized carbons (Fsp3) is 0.571. The summed E-state index contributed by atoms with van der Waals surface area (Å²) in [7, 11) is 0. The summed E-state index contributed by atoms with van der Waals surface area (Å²) < 4.78 is 5.27. The van der Waals surface area contributed by atoms with Crippen LogP contribution >= 0.6 is 11.3 Å². The quantitative estimate of drug-likeness (QED) is 0.692. The van der Waals surface area contributed by atoms with E-state index >= 15 is 0 Å². The second-order valence-electron chi connectivity index (χ2n) is 2.80. The van der Waals surface area contributed by atoms with Crippen LogP contribution < -0.4 is 10.6 Å². The Morgan fingerprint density at radius 3 is 3.36 bits per heavy atom. The Balaban J connectivity index is 1.88. The van der Waals surface area contributed by atoms with Crippen molar-refractivity contribution in [2.45, 2.75) is 6.10 Å². The van der Waals surface area contributed by atoms with Gasteiger partial charge < -0.3 is 10.1 Å². The smallest absolute Gasteiger partial charge is 0.256 e. The second-order valence-corrected chi connectivity index (χ2v) is 3.63. The number of rotatable bonds is 2. The maximum atomic E-state index is 11.5. The first-order chi connectivity index (χ1) is 6.86. The highest BCUT2D eigenvalue weighted by Crippen LogP contribution is 2.09.